The summed E-state index contributed by atoms with van der Waals surface area (Å²) in [5, 5.41) is 0.380. The normalized spacial score (nSPS) is 11.8. The summed E-state index contributed by atoms with van der Waals surface area (Å²) < 4.78 is 13.4. The third-order valence-corrected chi connectivity index (χ3v) is 2.20. The highest BCUT2D eigenvalue weighted by Crippen LogP contribution is 2.26. The highest BCUT2D eigenvalue weighted by atomic mass is 35.5. The van der Waals surface area contributed by atoms with E-state index in [4.69, 9.17) is 11.6 Å². The molecule has 0 unspecified atom stereocenters. The summed E-state index contributed by atoms with van der Waals surface area (Å²) >= 11 is 5.73. The Balaban J connectivity index is 3.32. The summed E-state index contributed by atoms with van der Waals surface area (Å²) in [5.41, 5.74) is 0.863. The molecule has 0 aliphatic heterocycles. The van der Waals surface area contributed by atoms with Crippen molar-refractivity contribution < 1.29 is 4.39 Å². The van der Waals surface area contributed by atoms with Crippen molar-refractivity contribution >= 4 is 11.6 Å². The van der Waals surface area contributed by atoms with Crippen molar-refractivity contribution in [3.8, 4) is 0 Å². The largest absolute Gasteiger partial charge is 0.253 e. The van der Waals surface area contributed by atoms with Gasteiger partial charge in [-0.3, -0.25) is 4.98 Å². The molecule has 0 N–H and O–H groups in total. The molecule has 0 amide bonds. The average Bonchev–Trinajstić information content (AvgIpc) is 1.94. The van der Waals surface area contributed by atoms with Crippen LogP contribution in [0.15, 0.2) is 6.07 Å². The van der Waals surface area contributed by atoms with Crippen LogP contribution in [0.5, 0.6) is 0 Å². The van der Waals surface area contributed by atoms with E-state index in [0.717, 1.165) is 0 Å². The first-order valence-corrected chi connectivity index (χ1v) is 4.53. The number of aromatic nitrogens is 1. The van der Waals surface area contributed by atoms with E-state index in [-0.39, 0.29) is 11.2 Å². The summed E-state index contributed by atoms with van der Waals surface area (Å²) in [7, 11) is 0. The fraction of sp³-hybridized carbons (Fsp3) is 0.500. The molecule has 0 radical (unpaired) electrons. The van der Waals surface area contributed by atoms with Crippen LogP contribution in [0.4, 0.5) is 4.39 Å². The van der Waals surface area contributed by atoms with Crippen LogP contribution in [0.2, 0.25) is 5.02 Å². The lowest BCUT2D eigenvalue weighted by atomic mass is 9.91. The van der Waals surface area contributed by atoms with Gasteiger partial charge in [0.2, 0.25) is 0 Å². The van der Waals surface area contributed by atoms with E-state index in [2.05, 4.69) is 4.98 Å². The van der Waals surface area contributed by atoms with Gasteiger partial charge < -0.3 is 0 Å². The zero-order chi connectivity index (χ0) is 10.2. The van der Waals surface area contributed by atoms with Gasteiger partial charge in [0.25, 0.3) is 0 Å². The second-order valence-corrected chi connectivity index (χ2v) is 4.54. The Bertz CT molecular complexity index is 328. The van der Waals surface area contributed by atoms with Gasteiger partial charge in [-0.2, -0.15) is 0 Å². The van der Waals surface area contributed by atoms with Gasteiger partial charge in [0.15, 0.2) is 0 Å². The second kappa shape index (κ2) is 3.26. The summed E-state index contributed by atoms with van der Waals surface area (Å²) in [6, 6.07) is 1.32. The molecule has 0 aliphatic rings. The lowest BCUT2D eigenvalue weighted by Gasteiger charge is -2.19. The lowest BCUT2D eigenvalue weighted by Crippen LogP contribution is -2.16. The summed E-state index contributed by atoms with van der Waals surface area (Å²) in [5.74, 6) is -0.330. The van der Waals surface area contributed by atoms with Crippen molar-refractivity contribution in [2.45, 2.75) is 33.1 Å². The molecule has 3 heteroatoms. The van der Waals surface area contributed by atoms with Crippen molar-refractivity contribution in [2.75, 3.05) is 0 Å². The zero-order valence-electron chi connectivity index (χ0n) is 8.28. The van der Waals surface area contributed by atoms with Crippen LogP contribution in [0, 0.1) is 12.7 Å². The molecule has 1 aromatic heterocycles. The maximum atomic E-state index is 13.4. The fourth-order valence-electron chi connectivity index (χ4n) is 1.08. The van der Waals surface area contributed by atoms with E-state index in [1.807, 2.05) is 20.8 Å². The average molecular weight is 202 g/mol. The number of rotatable bonds is 0. The van der Waals surface area contributed by atoms with Gasteiger partial charge in [0.1, 0.15) is 5.82 Å². The molecular formula is C10H13ClFN. The molecule has 1 heterocycles. The Labute approximate surface area is 82.9 Å². The second-order valence-electron chi connectivity index (χ2n) is 4.14. The molecule has 0 saturated carbocycles. The Morgan fingerprint density at radius 1 is 1.38 bits per heavy atom. The molecule has 1 aromatic rings. The van der Waals surface area contributed by atoms with Gasteiger partial charge in [-0.05, 0) is 13.0 Å². The molecule has 0 spiro atoms. The first kappa shape index (κ1) is 10.5. The first-order chi connectivity index (χ1) is 5.82. The quantitative estimate of drug-likeness (QED) is 0.626. The molecule has 0 atom stereocenters. The number of hydrogen-bond acceptors (Lipinski definition) is 1. The predicted molar refractivity (Wildman–Crippen MR) is 52.6 cm³/mol. The van der Waals surface area contributed by atoms with E-state index in [0.29, 0.717) is 16.4 Å². The minimum Gasteiger partial charge on any atom is -0.253 e. The molecule has 0 aliphatic carbocycles. The van der Waals surface area contributed by atoms with E-state index < -0.39 is 0 Å². The van der Waals surface area contributed by atoms with Crippen LogP contribution in [0.25, 0.3) is 0 Å². The molecule has 0 aromatic carbocycles. The third kappa shape index (κ3) is 2.19. The molecule has 0 fully saturated rings. The van der Waals surface area contributed by atoms with Crippen LogP contribution in [-0.4, -0.2) is 4.98 Å². The van der Waals surface area contributed by atoms with Crippen molar-refractivity contribution in [1.29, 1.82) is 0 Å². The van der Waals surface area contributed by atoms with Crippen LogP contribution < -0.4 is 0 Å². The van der Waals surface area contributed by atoms with Crippen molar-refractivity contribution in [1.82, 2.24) is 4.98 Å². The number of pyridine rings is 1. The van der Waals surface area contributed by atoms with Gasteiger partial charge in [-0.1, -0.05) is 32.4 Å². The monoisotopic (exact) mass is 201 g/mol. The Kier molecular flexibility index (Phi) is 2.62. The van der Waals surface area contributed by atoms with Crippen LogP contribution in [0.3, 0.4) is 0 Å². The Morgan fingerprint density at radius 2 is 1.92 bits per heavy atom. The van der Waals surface area contributed by atoms with Crippen LogP contribution in [0.1, 0.15) is 32.2 Å². The minimum atomic E-state index is -0.330. The van der Waals surface area contributed by atoms with E-state index in [9.17, 15) is 4.39 Å². The number of nitrogens with zero attached hydrogens (tertiary/aromatic N) is 1. The smallest absolute Gasteiger partial charge is 0.146 e. The molecule has 1 nitrogen and oxygen atoms in total. The van der Waals surface area contributed by atoms with E-state index >= 15 is 0 Å². The van der Waals surface area contributed by atoms with Gasteiger partial charge in [-0.25, -0.2) is 4.39 Å². The summed E-state index contributed by atoms with van der Waals surface area (Å²) in [6.45, 7) is 7.54. The van der Waals surface area contributed by atoms with E-state index in [1.54, 1.807) is 6.92 Å². The van der Waals surface area contributed by atoms with Crippen molar-refractivity contribution in [3.05, 3.63) is 28.3 Å². The number of aryl methyl sites for hydroxylation is 1. The standard InChI is InChI=1S/C10H13ClFN/c1-6-7(11)5-8(12)9(13-6)10(2,3)4/h5H,1-4H3. The molecule has 1 rings (SSSR count). The summed E-state index contributed by atoms with van der Waals surface area (Å²) in [4.78, 5) is 4.14. The van der Waals surface area contributed by atoms with Gasteiger partial charge in [0, 0.05) is 5.41 Å². The maximum absolute atomic E-state index is 13.4. The third-order valence-electron chi connectivity index (χ3n) is 1.82. The Morgan fingerprint density at radius 3 is 2.38 bits per heavy atom. The van der Waals surface area contributed by atoms with Crippen LogP contribution in [-0.2, 0) is 5.41 Å². The first-order valence-electron chi connectivity index (χ1n) is 4.15. The van der Waals surface area contributed by atoms with E-state index in [1.165, 1.54) is 6.07 Å². The fourth-order valence-corrected chi connectivity index (χ4v) is 1.22. The van der Waals surface area contributed by atoms with Crippen molar-refractivity contribution in [2.24, 2.45) is 0 Å². The zero-order valence-corrected chi connectivity index (χ0v) is 9.04. The highest BCUT2D eigenvalue weighted by Gasteiger charge is 2.21. The lowest BCUT2D eigenvalue weighted by molar-refractivity contribution is 0.501. The minimum absolute atomic E-state index is 0.278. The van der Waals surface area contributed by atoms with Gasteiger partial charge >= 0.3 is 0 Å². The predicted octanol–water partition coefficient (Wildman–Crippen LogP) is 3.48. The number of halogens is 2. The highest BCUT2D eigenvalue weighted by molar-refractivity contribution is 6.31. The topological polar surface area (TPSA) is 12.9 Å². The summed E-state index contributed by atoms with van der Waals surface area (Å²) in [6.07, 6.45) is 0. The molecular weight excluding hydrogens is 189 g/mol. The number of hydrogen-bond donors (Lipinski definition) is 0. The molecule has 0 bridgehead atoms. The van der Waals surface area contributed by atoms with Gasteiger partial charge in [0.05, 0.1) is 16.4 Å². The Hall–Kier alpha value is -0.630. The SMILES string of the molecule is Cc1nc(C(C)(C)C)c(F)cc1Cl. The van der Waals surface area contributed by atoms with Crippen LogP contribution >= 0.6 is 11.6 Å². The molecule has 13 heavy (non-hydrogen) atoms. The molecule has 72 valence electrons. The van der Waals surface area contributed by atoms with Gasteiger partial charge in [-0.15, -0.1) is 0 Å². The molecule has 0 saturated heterocycles. The van der Waals surface area contributed by atoms with Crippen molar-refractivity contribution in [3.63, 3.8) is 0 Å². The maximum Gasteiger partial charge on any atom is 0.146 e.